The van der Waals surface area contributed by atoms with E-state index in [4.69, 9.17) is 5.11 Å². The molecule has 3 atom stereocenters. The molecule has 0 aliphatic carbocycles. The summed E-state index contributed by atoms with van der Waals surface area (Å²) in [6, 6.07) is -0.795. The SMILES string of the molecule is CC(=O)[C@@H](NCC(=O)[C@@H](C)CC(=O)O)[C@@H](C)O. The number of rotatable bonds is 8. The Morgan fingerprint density at radius 2 is 1.76 bits per heavy atom. The maximum Gasteiger partial charge on any atom is 0.304 e. The zero-order valence-corrected chi connectivity index (χ0v) is 10.3. The minimum Gasteiger partial charge on any atom is -0.481 e. The van der Waals surface area contributed by atoms with Crippen molar-refractivity contribution in [3.63, 3.8) is 0 Å². The highest BCUT2D eigenvalue weighted by molar-refractivity contribution is 5.87. The number of ketones is 2. The summed E-state index contributed by atoms with van der Waals surface area (Å²) in [5.41, 5.74) is 0. The van der Waals surface area contributed by atoms with Gasteiger partial charge >= 0.3 is 5.97 Å². The average molecular weight is 245 g/mol. The number of carboxylic acids is 1. The lowest BCUT2D eigenvalue weighted by Crippen LogP contribution is -2.46. The molecule has 3 N–H and O–H groups in total. The van der Waals surface area contributed by atoms with Crippen molar-refractivity contribution in [2.45, 2.75) is 39.3 Å². The van der Waals surface area contributed by atoms with E-state index in [1.54, 1.807) is 0 Å². The molecule has 0 rings (SSSR count). The van der Waals surface area contributed by atoms with Crippen molar-refractivity contribution in [3.05, 3.63) is 0 Å². The zero-order valence-electron chi connectivity index (χ0n) is 10.3. The number of carboxylic acid groups (broad SMARTS) is 1. The number of aliphatic carboxylic acids is 1. The number of aliphatic hydroxyl groups excluding tert-OH is 1. The van der Waals surface area contributed by atoms with Gasteiger partial charge in [-0.2, -0.15) is 0 Å². The third-order valence-electron chi connectivity index (χ3n) is 2.45. The standard InChI is InChI=1S/C11H19NO5/c1-6(4-10(16)17)9(15)5-12-11(7(2)13)8(3)14/h6-7,11-13H,4-5H2,1-3H3,(H,16,17)/t6-,7+,11-/m0/s1. The van der Waals surface area contributed by atoms with Crippen LogP contribution in [0.15, 0.2) is 0 Å². The van der Waals surface area contributed by atoms with E-state index in [1.165, 1.54) is 20.8 Å². The van der Waals surface area contributed by atoms with Crippen molar-refractivity contribution in [2.75, 3.05) is 6.54 Å². The second kappa shape index (κ2) is 7.13. The van der Waals surface area contributed by atoms with Gasteiger partial charge in [0.15, 0.2) is 0 Å². The fourth-order valence-electron chi connectivity index (χ4n) is 1.41. The van der Waals surface area contributed by atoms with E-state index in [9.17, 15) is 19.5 Å². The van der Waals surface area contributed by atoms with Gasteiger partial charge in [0.05, 0.1) is 25.1 Å². The quantitative estimate of drug-likeness (QED) is 0.537. The van der Waals surface area contributed by atoms with E-state index in [2.05, 4.69) is 5.32 Å². The number of carbonyl (C=O) groups excluding carboxylic acids is 2. The molecule has 98 valence electrons. The summed E-state index contributed by atoms with van der Waals surface area (Å²) in [5, 5.41) is 20.4. The smallest absolute Gasteiger partial charge is 0.304 e. The molecule has 0 aromatic rings. The monoisotopic (exact) mass is 245 g/mol. The molecule has 0 heterocycles. The van der Waals surface area contributed by atoms with E-state index in [0.717, 1.165) is 0 Å². The zero-order chi connectivity index (χ0) is 13.6. The fourth-order valence-corrected chi connectivity index (χ4v) is 1.41. The molecule has 0 radical (unpaired) electrons. The molecule has 0 bridgehead atoms. The lowest BCUT2D eigenvalue weighted by atomic mass is 10.0. The van der Waals surface area contributed by atoms with E-state index in [0.29, 0.717) is 0 Å². The number of Topliss-reactive ketones (excluding diaryl/α,β-unsaturated/α-hetero) is 2. The number of hydrogen-bond donors (Lipinski definition) is 3. The van der Waals surface area contributed by atoms with Crippen molar-refractivity contribution < 1.29 is 24.6 Å². The molecule has 0 fully saturated rings. The molecule has 0 unspecified atom stereocenters. The minimum absolute atomic E-state index is 0.121. The van der Waals surface area contributed by atoms with Crippen LogP contribution < -0.4 is 5.32 Å². The van der Waals surface area contributed by atoms with Gasteiger partial charge in [-0.1, -0.05) is 6.92 Å². The number of hydrogen-bond acceptors (Lipinski definition) is 5. The van der Waals surface area contributed by atoms with Gasteiger partial charge in [-0.3, -0.25) is 19.7 Å². The second-order valence-corrected chi connectivity index (χ2v) is 4.18. The number of nitrogens with one attached hydrogen (secondary N) is 1. The van der Waals surface area contributed by atoms with Gasteiger partial charge in [0, 0.05) is 5.92 Å². The summed E-state index contributed by atoms with van der Waals surface area (Å²) in [4.78, 5) is 33.0. The summed E-state index contributed by atoms with van der Waals surface area (Å²) in [7, 11) is 0. The Morgan fingerprint density at radius 1 is 1.24 bits per heavy atom. The molecule has 0 amide bonds. The highest BCUT2D eigenvalue weighted by Crippen LogP contribution is 2.03. The molecule has 0 saturated carbocycles. The normalized spacial score (nSPS) is 16.0. The van der Waals surface area contributed by atoms with Crippen LogP contribution in [-0.2, 0) is 14.4 Å². The van der Waals surface area contributed by atoms with Crippen LogP contribution in [0.3, 0.4) is 0 Å². The van der Waals surface area contributed by atoms with Gasteiger partial charge in [0.1, 0.15) is 11.6 Å². The van der Waals surface area contributed by atoms with Crippen molar-refractivity contribution in [3.8, 4) is 0 Å². The van der Waals surface area contributed by atoms with Crippen molar-refractivity contribution in [1.82, 2.24) is 5.32 Å². The Bertz CT molecular complexity index is 300. The van der Waals surface area contributed by atoms with Crippen molar-refractivity contribution in [1.29, 1.82) is 0 Å². The van der Waals surface area contributed by atoms with Gasteiger partial charge < -0.3 is 10.2 Å². The second-order valence-electron chi connectivity index (χ2n) is 4.18. The van der Waals surface area contributed by atoms with E-state index in [1.807, 2.05) is 0 Å². The predicted molar refractivity (Wildman–Crippen MR) is 60.6 cm³/mol. The van der Waals surface area contributed by atoms with Crippen LogP contribution in [0.5, 0.6) is 0 Å². The average Bonchev–Trinajstić information content (AvgIpc) is 2.15. The maximum absolute atomic E-state index is 11.5. The summed E-state index contributed by atoms with van der Waals surface area (Å²) in [5.74, 6) is -2.20. The minimum atomic E-state index is -1.04. The fraction of sp³-hybridized carbons (Fsp3) is 0.727. The molecule has 0 aliphatic heterocycles. The molecule has 6 nitrogen and oxygen atoms in total. The summed E-state index contributed by atoms with van der Waals surface area (Å²) in [6.45, 7) is 4.16. The first-order chi connectivity index (χ1) is 7.75. The lowest BCUT2D eigenvalue weighted by Gasteiger charge is -2.19. The van der Waals surface area contributed by atoms with Crippen LogP contribution in [0, 0.1) is 5.92 Å². The number of aliphatic hydroxyl groups is 1. The number of carbonyl (C=O) groups is 3. The van der Waals surface area contributed by atoms with Crippen LogP contribution in [0.2, 0.25) is 0 Å². The first-order valence-corrected chi connectivity index (χ1v) is 5.42. The Labute approximate surface area is 100 Å². The molecular formula is C11H19NO5. The Hall–Kier alpha value is -1.27. The van der Waals surface area contributed by atoms with Gasteiger partial charge in [0.2, 0.25) is 0 Å². The Morgan fingerprint density at radius 3 is 2.12 bits per heavy atom. The van der Waals surface area contributed by atoms with Gasteiger partial charge in [0.25, 0.3) is 0 Å². The summed E-state index contributed by atoms with van der Waals surface area (Å²) in [6.07, 6.45) is -1.13. The maximum atomic E-state index is 11.5. The van der Waals surface area contributed by atoms with Crippen molar-refractivity contribution >= 4 is 17.5 Å². The summed E-state index contributed by atoms with van der Waals surface area (Å²) < 4.78 is 0. The Balaban J connectivity index is 4.21. The lowest BCUT2D eigenvalue weighted by molar-refractivity contribution is -0.140. The van der Waals surface area contributed by atoms with E-state index in [-0.39, 0.29) is 24.5 Å². The van der Waals surface area contributed by atoms with E-state index < -0.39 is 24.0 Å². The third-order valence-corrected chi connectivity index (χ3v) is 2.45. The highest BCUT2D eigenvalue weighted by Gasteiger charge is 2.22. The molecule has 0 aliphatic rings. The largest absolute Gasteiger partial charge is 0.481 e. The molecule has 6 heteroatoms. The van der Waals surface area contributed by atoms with Crippen LogP contribution in [0.25, 0.3) is 0 Å². The molecule has 17 heavy (non-hydrogen) atoms. The van der Waals surface area contributed by atoms with Gasteiger partial charge in [-0.15, -0.1) is 0 Å². The van der Waals surface area contributed by atoms with Gasteiger partial charge in [-0.05, 0) is 13.8 Å². The molecular weight excluding hydrogens is 226 g/mol. The summed E-state index contributed by atoms with van der Waals surface area (Å²) >= 11 is 0. The topological polar surface area (TPSA) is 104 Å². The van der Waals surface area contributed by atoms with Crippen LogP contribution in [-0.4, -0.2) is 46.4 Å². The highest BCUT2D eigenvalue weighted by atomic mass is 16.4. The molecule has 0 saturated heterocycles. The van der Waals surface area contributed by atoms with Crippen LogP contribution in [0.1, 0.15) is 27.2 Å². The van der Waals surface area contributed by atoms with Crippen molar-refractivity contribution in [2.24, 2.45) is 5.92 Å². The Kier molecular flexibility index (Phi) is 6.60. The predicted octanol–water partition coefficient (Wildman–Crippen LogP) is -0.406. The third kappa shape index (κ3) is 6.13. The molecule has 0 aromatic carbocycles. The molecule has 0 spiro atoms. The van der Waals surface area contributed by atoms with Gasteiger partial charge in [-0.25, -0.2) is 0 Å². The van der Waals surface area contributed by atoms with Crippen LogP contribution >= 0.6 is 0 Å². The first kappa shape index (κ1) is 15.7. The molecule has 0 aromatic heterocycles. The first-order valence-electron chi connectivity index (χ1n) is 5.42. The van der Waals surface area contributed by atoms with E-state index >= 15 is 0 Å². The van der Waals surface area contributed by atoms with Crippen LogP contribution in [0.4, 0.5) is 0 Å².